The summed E-state index contributed by atoms with van der Waals surface area (Å²) in [6.07, 6.45) is 0. The molecule has 6 heteroatoms. The molecule has 1 aromatic carbocycles. The van der Waals surface area contributed by atoms with E-state index in [4.69, 9.17) is 5.73 Å². The number of hydrogen-bond donors (Lipinski definition) is 3. The molecule has 0 aromatic heterocycles. The van der Waals surface area contributed by atoms with Crippen LogP contribution in [0.1, 0.15) is 27.7 Å². The molecule has 1 aromatic rings. The van der Waals surface area contributed by atoms with Crippen LogP contribution in [-0.4, -0.2) is 17.5 Å². The predicted octanol–water partition coefficient (Wildman–Crippen LogP) is 2.26. The van der Waals surface area contributed by atoms with Crippen LogP contribution < -0.4 is 16.4 Å². The van der Waals surface area contributed by atoms with Crippen LogP contribution in [0.3, 0.4) is 0 Å². The number of carbonyl (C=O) groups is 1. The van der Waals surface area contributed by atoms with Crippen molar-refractivity contribution >= 4 is 17.3 Å². The van der Waals surface area contributed by atoms with Gasteiger partial charge in [-0.3, -0.25) is 4.79 Å². The summed E-state index contributed by atoms with van der Waals surface area (Å²) in [6.45, 7) is 7.03. The first-order chi connectivity index (χ1) is 8.61. The summed E-state index contributed by atoms with van der Waals surface area (Å²) in [4.78, 5) is 11.8. The second-order valence-corrected chi connectivity index (χ2v) is 5.43. The molecule has 106 valence electrons. The molecule has 0 aliphatic heterocycles. The zero-order valence-corrected chi connectivity index (χ0v) is 11.5. The molecule has 19 heavy (non-hydrogen) atoms. The average Bonchev–Trinajstić information content (AvgIpc) is 2.27. The lowest BCUT2D eigenvalue weighted by molar-refractivity contribution is -0.122. The number of hydrogen-bond acceptors (Lipinski definition) is 3. The Balaban J connectivity index is 2.86. The van der Waals surface area contributed by atoms with Gasteiger partial charge in [0.15, 0.2) is 11.6 Å². The van der Waals surface area contributed by atoms with Gasteiger partial charge in [-0.05, 0) is 39.8 Å². The quantitative estimate of drug-likeness (QED) is 0.739. The Morgan fingerprint density at radius 2 is 1.89 bits per heavy atom. The summed E-state index contributed by atoms with van der Waals surface area (Å²) < 4.78 is 26.7. The molecule has 4 N–H and O–H groups in total. The summed E-state index contributed by atoms with van der Waals surface area (Å²) in [5, 5.41) is 5.32. The van der Waals surface area contributed by atoms with Crippen LogP contribution in [0.5, 0.6) is 0 Å². The van der Waals surface area contributed by atoms with Crippen molar-refractivity contribution in [1.29, 1.82) is 0 Å². The van der Waals surface area contributed by atoms with Gasteiger partial charge in [-0.1, -0.05) is 0 Å². The maximum Gasteiger partial charge on any atom is 0.242 e. The molecule has 0 spiro atoms. The minimum Gasteiger partial charge on any atom is -0.397 e. The highest BCUT2D eigenvalue weighted by molar-refractivity contribution is 5.86. The molecule has 0 saturated carbocycles. The number of nitrogen functional groups attached to an aromatic ring is 1. The molecule has 0 aliphatic rings. The lowest BCUT2D eigenvalue weighted by Gasteiger charge is -2.24. The molecule has 0 heterocycles. The Morgan fingerprint density at radius 3 is 2.42 bits per heavy atom. The van der Waals surface area contributed by atoms with Crippen molar-refractivity contribution in [2.75, 3.05) is 11.1 Å². The monoisotopic (exact) mass is 271 g/mol. The highest BCUT2D eigenvalue weighted by Crippen LogP contribution is 2.25. The molecule has 4 nitrogen and oxygen atoms in total. The summed E-state index contributed by atoms with van der Waals surface area (Å²) in [6, 6.07) is 1.45. The minimum atomic E-state index is -1.09. The Hall–Kier alpha value is -1.85. The number of nitrogens with two attached hydrogens (primary N) is 1. The van der Waals surface area contributed by atoms with E-state index in [1.54, 1.807) is 6.92 Å². The fraction of sp³-hybridized carbons (Fsp3) is 0.462. The Morgan fingerprint density at radius 1 is 1.32 bits per heavy atom. The van der Waals surface area contributed by atoms with Gasteiger partial charge < -0.3 is 16.4 Å². The molecular formula is C13H19F2N3O. The van der Waals surface area contributed by atoms with E-state index in [0.29, 0.717) is 0 Å². The average molecular weight is 271 g/mol. The van der Waals surface area contributed by atoms with E-state index < -0.39 is 23.2 Å². The van der Waals surface area contributed by atoms with Gasteiger partial charge in [-0.2, -0.15) is 0 Å². The molecular weight excluding hydrogens is 252 g/mol. The standard InChI is InChI=1S/C13H19F2N3O/c1-7(12(19)18-13(2,3)4)17-11-9(16)6-5-8(14)10(11)15/h5-7,17H,16H2,1-4H3,(H,18,19). The molecule has 0 fully saturated rings. The number of anilines is 2. The number of benzene rings is 1. The SMILES string of the molecule is CC(Nc1c(N)ccc(F)c1F)C(=O)NC(C)(C)C. The second kappa shape index (κ2) is 5.42. The van der Waals surface area contributed by atoms with Crippen molar-refractivity contribution in [3.63, 3.8) is 0 Å². The molecule has 0 aliphatic carbocycles. The van der Waals surface area contributed by atoms with E-state index >= 15 is 0 Å². The molecule has 1 amide bonds. The molecule has 0 radical (unpaired) electrons. The molecule has 0 saturated heterocycles. The maximum absolute atomic E-state index is 13.6. The second-order valence-electron chi connectivity index (χ2n) is 5.43. The third-order valence-electron chi connectivity index (χ3n) is 2.38. The van der Waals surface area contributed by atoms with Crippen LogP contribution in [0.4, 0.5) is 20.2 Å². The summed E-state index contributed by atoms with van der Waals surface area (Å²) in [5.74, 6) is -2.42. The van der Waals surface area contributed by atoms with E-state index in [1.165, 1.54) is 6.07 Å². The lowest BCUT2D eigenvalue weighted by atomic mass is 10.1. The minimum absolute atomic E-state index is 0.0503. The van der Waals surface area contributed by atoms with Gasteiger partial charge in [0.2, 0.25) is 5.91 Å². The Bertz CT molecular complexity index is 484. The smallest absolute Gasteiger partial charge is 0.242 e. The maximum atomic E-state index is 13.6. The molecule has 1 atom stereocenters. The largest absolute Gasteiger partial charge is 0.397 e. The van der Waals surface area contributed by atoms with E-state index in [9.17, 15) is 13.6 Å². The van der Waals surface area contributed by atoms with Crippen molar-refractivity contribution in [3.05, 3.63) is 23.8 Å². The molecule has 1 rings (SSSR count). The highest BCUT2D eigenvalue weighted by atomic mass is 19.2. The normalized spacial score (nSPS) is 12.9. The van der Waals surface area contributed by atoms with E-state index in [0.717, 1.165) is 6.07 Å². The van der Waals surface area contributed by atoms with Crippen molar-refractivity contribution in [3.8, 4) is 0 Å². The van der Waals surface area contributed by atoms with E-state index in [-0.39, 0.29) is 17.3 Å². The van der Waals surface area contributed by atoms with Gasteiger partial charge in [-0.25, -0.2) is 8.78 Å². The van der Waals surface area contributed by atoms with Crippen LogP contribution >= 0.6 is 0 Å². The Labute approximate surface area is 111 Å². The number of carbonyl (C=O) groups excluding carboxylic acids is 1. The third-order valence-corrected chi connectivity index (χ3v) is 2.38. The van der Waals surface area contributed by atoms with Gasteiger partial charge in [0, 0.05) is 5.54 Å². The first-order valence-electron chi connectivity index (χ1n) is 5.94. The van der Waals surface area contributed by atoms with Crippen molar-refractivity contribution in [2.45, 2.75) is 39.3 Å². The van der Waals surface area contributed by atoms with Crippen LogP contribution in [0.2, 0.25) is 0 Å². The fourth-order valence-electron chi connectivity index (χ4n) is 1.47. The number of amides is 1. The van der Waals surface area contributed by atoms with Crippen molar-refractivity contribution in [2.24, 2.45) is 0 Å². The summed E-state index contributed by atoms with van der Waals surface area (Å²) in [5.41, 5.74) is 5.01. The third kappa shape index (κ3) is 4.08. The van der Waals surface area contributed by atoms with Gasteiger partial charge in [0.25, 0.3) is 0 Å². The van der Waals surface area contributed by atoms with Gasteiger partial charge in [0.05, 0.1) is 11.4 Å². The molecule has 1 unspecified atom stereocenters. The van der Waals surface area contributed by atoms with Crippen LogP contribution in [-0.2, 0) is 4.79 Å². The van der Waals surface area contributed by atoms with Crippen LogP contribution in [0.15, 0.2) is 12.1 Å². The molecule has 0 bridgehead atoms. The van der Waals surface area contributed by atoms with Gasteiger partial charge in [0.1, 0.15) is 6.04 Å². The van der Waals surface area contributed by atoms with E-state index in [1.807, 2.05) is 20.8 Å². The van der Waals surface area contributed by atoms with E-state index in [2.05, 4.69) is 10.6 Å². The van der Waals surface area contributed by atoms with Crippen LogP contribution in [0.25, 0.3) is 0 Å². The van der Waals surface area contributed by atoms with Crippen molar-refractivity contribution in [1.82, 2.24) is 5.32 Å². The van der Waals surface area contributed by atoms with Gasteiger partial charge >= 0.3 is 0 Å². The first kappa shape index (κ1) is 15.2. The Kier molecular flexibility index (Phi) is 4.34. The van der Waals surface area contributed by atoms with Gasteiger partial charge in [-0.15, -0.1) is 0 Å². The summed E-state index contributed by atoms with van der Waals surface area (Å²) in [7, 11) is 0. The number of halogens is 2. The zero-order chi connectivity index (χ0) is 14.8. The predicted molar refractivity (Wildman–Crippen MR) is 71.8 cm³/mol. The van der Waals surface area contributed by atoms with Crippen LogP contribution in [0, 0.1) is 11.6 Å². The van der Waals surface area contributed by atoms with Crippen molar-refractivity contribution < 1.29 is 13.6 Å². The topological polar surface area (TPSA) is 67.1 Å². The summed E-state index contributed by atoms with van der Waals surface area (Å²) >= 11 is 0. The highest BCUT2D eigenvalue weighted by Gasteiger charge is 2.21. The number of rotatable bonds is 3. The zero-order valence-electron chi connectivity index (χ0n) is 11.5. The number of nitrogens with one attached hydrogen (secondary N) is 2. The fourth-order valence-corrected chi connectivity index (χ4v) is 1.47. The first-order valence-corrected chi connectivity index (χ1v) is 5.94. The lowest BCUT2D eigenvalue weighted by Crippen LogP contribution is -2.47.